The minimum atomic E-state index is 0.718. The van der Waals surface area contributed by atoms with Crippen molar-refractivity contribution in [1.29, 1.82) is 0 Å². The van der Waals surface area contributed by atoms with Crippen LogP contribution in [0.25, 0.3) is 0 Å². The summed E-state index contributed by atoms with van der Waals surface area (Å²) in [7, 11) is 0. The predicted octanol–water partition coefficient (Wildman–Crippen LogP) is 5.42. The average Bonchev–Trinajstić information content (AvgIpc) is 2.61. The molecule has 0 amide bonds. The molecule has 0 heteroatoms. The van der Waals surface area contributed by atoms with E-state index in [1.54, 1.807) is 0 Å². The molecule has 90 valence electrons. The van der Waals surface area contributed by atoms with E-state index < -0.39 is 0 Å². The van der Waals surface area contributed by atoms with E-state index in [1.807, 2.05) is 0 Å². The summed E-state index contributed by atoms with van der Waals surface area (Å²) in [5.74, 6) is 1.94. The molecule has 2 unspecified atom stereocenters. The van der Waals surface area contributed by atoms with E-state index in [0.717, 1.165) is 17.3 Å². The fourth-order valence-corrected chi connectivity index (χ4v) is 3.49. The molecule has 0 saturated heterocycles. The second kappa shape index (κ2) is 5.92. The van der Waals surface area contributed by atoms with Crippen LogP contribution >= 0.6 is 0 Å². The standard InChI is InChI=1S/C15H30/c1-5-7-10-15(13(3)4)11-9-14(12-15)8-6-2/h13-14H,5-12H2,1-4H3. The average molecular weight is 210 g/mol. The van der Waals surface area contributed by atoms with E-state index in [-0.39, 0.29) is 0 Å². The van der Waals surface area contributed by atoms with Crippen LogP contribution in [-0.4, -0.2) is 0 Å². The molecule has 0 aromatic rings. The summed E-state index contributed by atoms with van der Waals surface area (Å²) in [4.78, 5) is 0. The molecule has 0 radical (unpaired) electrons. The van der Waals surface area contributed by atoms with Gasteiger partial charge < -0.3 is 0 Å². The summed E-state index contributed by atoms with van der Waals surface area (Å²) in [6.07, 6.45) is 11.7. The lowest BCUT2D eigenvalue weighted by atomic mass is 9.71. The van der Waals surface area contributed by atoms with E-state index in [2.05, 4.69) is 27.7 Å². The van der Waals surface area contributed by atoms with Gasteiger partial charge in [-0.15, -0.1) is 0 Å². The Morgan fingerprint density at radius 2 is 1.93 bits per heavy atom. The molecule has 1 fully saturated rings. The molecule has 0 heterocycles. The lowest BCUT2D eigenvalue weighted by molar-refractivity contribution is 0.164. The maximum Gasteiger partial charge on any atom is -0.0272 e. The first-order valence-corrected chi connectivity index (χ1v) is 7.14. The maximum absolute atomic E-state index is 2.45. The van der Waals surface area contributed by atoms with Crippen LogP contribution in [0.2, 0.25) is 0 Å². The van der Waals surface area contributed by atoms with Crippen molar-refractivity contribution in [3.05, 3.63) is 0 Å². The molecule has 0 aromatic carbocycles. The summed E-state index contributed by atoms with van der Waals surface area (Å²) in [6.45, 7) is 9.56. The summed E-state index contributed by atoms with van der Waals surface area (Å²) in [6, 6.07) is 0. The molecule has 1 saturated carbocycles. The normalized spacial score (nSPS) is 31.4. The Morgan fingerprint density at radius 1 is 1.20 bits per heavy atom. The highest BCUT2D eigenvalue weighted by Crippen LogP contribution is 2.51. The van der Waals surface area contributed by atoms with Gasteiger partial charge in [-0.25, -0.2) is 0 Å². The van der Waals surface area contributed by atoms with E-state index in [0.29, 0.717) is 0 Å². The molecule has 0 aromatic heterocycles. The summed E-state index contributed by atoms with van der Waals surface area (Å²) in [5, 5.41) is 0. The van der Waals surface area contributed by atoms with Crippen molar-refractivity contribution in [3.63, 3.8) is 0 Å². The molecule has 0 aliphatic heterocycles. The third-order valence-electron chi connectivity index (χ3n) is 4.70. The molecule has 2 atom stereocenters. The Morgan fingerprint density at radius 3 is 2.47 bits per heavy atom. The zero-order chi connectivity index (χ0) is 11.3. The Labute approximate surface area is 96.8 Å². The molecule has 1 aliphatic rings. The third kappa shape index (κ3) is 3.23. The number of rotatable bonds is 6. The fraction of sp³-hybridized carbons (Fsp3) is 1.00. The second-order valence-corrected chi connectivity index (χ2v) is 6.02. The monoisotopic (exact) mass is 210 g/mol. The summed E-state index contributed by atoms with van der Waals surface area (Å²) in [5.41, 5.74) is 0.718. The van der Waals surface area contributed by atoms with Crippen molar-refractivity contribution < 1.29 is 0 Å². The maximum atomic E-state index is 2.45. The van der Waals surface area contributed by atoms with E-state index >= 15 is 0 Å². The molecule has 0 N–H and O–H groups in total. The third-order valence-corrected chi connectivity index (χ3v) is 4.70. The van der Waals surface area contributed by atoms with E-state index in [9.17, 15) is 0 Å². The fourth-order valence-electron chi connectivity index (χ4n) is 3.49. The van der Waals surface area contributed by atoms with Crippen LogP contribution in [0.5, 0.6) is 0 Å². The van der Waals surface area contributed by atoms with Crippen molar-refractivity contribution in [2.45, 2.75) is 79.1 Å². The molecule has 0 spiro atoms. The molecule has 1 aliphatic carbocycles. The van der Waals surface area contributed by atoms with Gasteiger partial charge in [0.1, 0.15) is 0 Å². The minimum Gasteiger partial charge on any atom is -0.0654 e. The lowest BCUT2D eigenvalue weighted by Gasteiger charge is -2.34. The highest BCUT2D eigenvalue weighted by molar-refractivity contribution is 4.90. The van der Waals surface area contributed by atoms with Crippen molar-refractivity contribution in [1.82, 2.24) is 0 Å². The highest BCUT2D eigenvalue weighted by atomic mass is 14.4. The predicted molar refractivity (Wildman–Crippen MR) is 69.0 cm³/mol. The van der Waals surface area contributed by atoms with Crippen LogP contribution < -0.4 is 0 Å². The van der Waals surface area contributed by atoms with Gasteiger partial charge >= 0.3 is 0 Å². The smallest absolute Gasteiger partial charge is 0.0272 e. The Hall–Kier alpha value is 0. The molecule has 0 bridgehead atoms. The van der Waals surface area contributed by atoms with Crippen molar-refractivity contribution in [3.8, 4) is 0 Å². The highest BCUT2D eigenvalue weighted by Gasteiger charge is 2.40. The first-order valence-electron chi connectivity index (χ1n) is 7.14. The van der Waals surface area contributed by atoms with Gasteiger partial charge in [-0.2, -0.15) is 0 Å². The Balaban J connectivity index is 2.52. The van der Waals surface area contributed by atoms with Gasteiger partial charge in [0.05, 0.1) is 0 Å². The molecular weight excluding hydrogens is 180 g/mol. The number of unbranched alkanes of at least 4 members (excludes halogenated alkanes) is 1. The van der Waals surface area contributed by atoms with Gasteiger partial charge in [0.25, 0.3) is 0 Å². The SMILES string of the molecule is CCCCC1(C(C)C)CCC(CCC)C1. The van der Waals surface area contributed by atoms with Crippen LogP contribution in [0.4, 0.5) is 0 Å². The largest absolute Gasteiger partial charge is 0.0654 e. The Kier molecular flexibility index (Phi) is 5.15. The van der Waals surface area contributed by atoms with Gasteiger partial charge in [0, 0.05) is 0 Å². The molecule has 1 rings (SSSR count). The lowest BCUT2D eigenvalue weighted by Crippen LogP contribution is -2.24. The minimum absolute atomic E-state index is 0.718. The number of hydrogen-bond acceptors (Lipinski definition) is 0. The molecular formula is C15H30. The van der Waals surface area contributed by atoms with Gasteiger partial charge in [0.2, 0.25) is 0 Å². The second-order valence-electron chi connectivity index (χ2n) is 6.02. The van der Waals surface area contributed by atoms with Crippen LogP contribution in [-0.2, 0) is 0 Å². The van der Waals surface area contributed by atoms with Crippen LogP contribution in [0.1, 0.15) is 79.1 Å². The number of hydrogen-bond donors (Lipinski definition) is 0. The van der Waals surface area contributed by atoms with Gasteiger partial charge in [-0.1, -0.05) is 53.4 Å². The molecule has 15 heavy (non-hydrogen) atoms. The summed E-state index contributed by atoms with van der Waals surface area (Å²) >= 11 is 0. The zero-order valence-electron chi connectivity index (χ0n) is 11.3. The molecule has 0 nitrogen and oxygen atoms in total. The van der Waals surface area contributed by atoms with Gasteiger partial charge in [-0.3, -0.25) is 0 Å². The topological polar surface area (TPSA) is 0 Å². The van der Waals surface area contributed by atoms with Crippen LogP contribution in [0.15, 0.2) is 0 Å². The van der Waals surface area contributed by atoms with Gasteiger partial charge in [0.15, 0.2) is 0 Å². The van der Waals surface area contributed by atoms with Gasteiger partial charge in [-0.05, 0) is 42.9 Å². The van der Waals surface area contributed by atoms with Crippen molar-refractivity contribution in [2.75, 3.05) is 0 Å². The summed E-state index contributed by atoms with van der Waals surface area (Å²) < 4.78 is 0. The van der Waals surface area contributed by atoms with Crippen molar-refractivity contribution in [2.24, 2.45) is 17.3 Å². The Bertz CT molecular complexity index is 171. The quantitative estimate of drug-likeness (QED) is 0.549. The van der Waals surface area contributed by atoms with Crippen LogP contribution in [0, 0.1) is 17.3 Å². The first kappa shape index (κ1) is 13.1. The van der Waals surface area contributed by atoms with Crippen LogP contribution in [0.3, 0.4) is 0 Å². The van der Waals surface area contributed by atoms with E-state index in [4.69, 9.17) is 0 Å². The van der Waals surface area contributed by atoms with Crippen molar-refractivity contribution >= 4 is 0 Å². The van der Waals surface area contributed by atoms with E-state index in [1.165, 1.54) is 51.4 Å². The zero-order valence-corrected chi connectivity index (χ0v) is 11.3. The first-order chi connectivity index (χ1) is 7.14.